The smallest absolute Gasteiger partial charge is 1.00 e. The van der Waals surface area contributed by atoms with E-state index in [1.54, 1.807) is 21.5 Å². The summed E-state index contributed by atoms with van der Waals surface area (Å²) in [5, 5.41) is 3.24. The van der Waals surface area contributed by atoms with Gasteiger partial charge in [-0.2, -0.15) is 5.20 Å². The molecular weight excluding hydrogens is 447 g/mol. The average Bonchev–Trinajstić information content (AvgIpc) is 2.86. The summed E-state index contributed by atoms with van der Waals surface area (Å²) in [7, 11) is -0.329. The van der Waals surface area contributed by atoms with Gasteiger partial charge < -0.3 is 37.2 Å². The summed E-state index contributed by atoms with van der Waals surface area (Å²) in [5.74, 6) is 0. The van der Waals surface area contributed by atoms with Crippen molar-refractivity contribution in [2.75, 3.05) is 0 Å². The fraction of sp³-hybridized carbons (Fsp3) is 0.545. The van der Waals surface area contributed by atoms with Gasteiger partial charge in [0.1, 0.15) is 0 Å². The van der Waals surface area contributed by atoms with Crippen LogP contribution in [0.4, 0.5) is 0 Å². The zero-order valence-corrected chi connectivity index (χ0v) is 22.5. The van der Waals surface area contributed by atoms with Gasteiger partial charge in [-0.25, -0.2) is 11.1 Å². The molecule has 0 aromatic heterocycles. The fourth-order valence-corrected chi connectivity index (χ4v) is 5.72. The number of halogens is 3. The third-order valence-electron chi connectivity index (χ3n) is 4.74. The summed E-state index contributed by atoms with van der Waals surface area (Å²) in [6, 6.07) is 7.08. The summed E-state index contributed by atoms with van der Waals surface area (Å²) < 4.78 is 0. The monoisotopic (exact) mass is 478 g/mol. The number of hydrogen-bond donors (Lipinski definition) is 0. The molecule has 0 saturated carbocycles. The molecule has 0 fully saturated rings. The molecule has 2 rings (SSSR count). The normalized spacial score (nSPS) is 12.8. The van der Waals surface area contributed by atoms with Crippen LogP contribution in [0.2, 0.25) is 0 Å². The third-order valence-corrected chi connectivity index (χ3v) is 6.41. The average molecular weight is 480 g/mol. The van der Waals surface area contributed by atoms with Crippen molar-refractivity contribution >= 4 is 14.7 Å². The van der Waals surface area contributed by atoms with Gasteiger partial charge >= 0.3 is 21.7 Å². The Morgan fingerprint density at radius 1 is 0.852 bits per heavy atom. The molecule has 0 bridgehead atoms. The van der Waals surface area contributed by atoms with Crippen molar-refractivity contribution < 1.29 is 58.9 Å². The molecule has 1 aromatic carbocycles. The van der Waals surface area contributed by atoms with Crippen LogP contribution in [-0.2, 0) is 21.7 Å². The van der Waals surface area contributed by atoms with Crippen LogP contribution < -0.4 is 42.4 Å². The minimum atomic E-state index is -0.329. The predicted molar refractivity (Wildman–Crippen MR) is 106 cm³/mol. The van der Waals surface area contributed by atoms with Crippen molar-refractivity contribution in [3.63, 3.8) is 0 Å². The first kappa shape index (κ1) is 32.2. The van der Waals surface area contributed by atoms with E-state index in [9.17, 15) is 0 Å². The molecule has 0 atom stereocenters. The van der Waals surface area contributed by atoms with Crippen LogP contribution in [0.25, 0.3) is 0 Å². The molecule has 0 aliphatic heterocycles. The van der Waals surface area contributed by atoms with Gasteiger partial charge in [0.2, 0.25) is 0 Å². The Labute approximate surface area is 203 Å². The second-order valence-corrected chi connectivity index (χ2v) is 9.24. The van der Waals surface area contributed by atoms with E-state index in [-0.39, 0.29) is 68.5 Å². The van der Waals surface area contributed by atoms with Crippen LogP contribution in [0.1, 0.15) is 76.3 Å². The van der Waals surface area contributed by atoms with Crippen LogP contribution in [0, 0.1) is 19.9 Å². The van der Waals surface area contributed by atoms with Crippen molar-refractivity contribution in [1.82, 2.24) is 0 Å². The Balaban J connectivity index is -0.00000144. The van der Waals surface area contributed by atoms with Gasteiger partial charge in [0.05, 0.1) is 9.52 Å². The van der Waals surface area contributed by atoms with Crippen LogP contribution in [0.3, 0.4) is 0 Å². The number of aryl methyl sites for hydroxylation is 2. The second-order valence-electron chi connectivity index (χ2n) is 7.22. The summed E-state index contributed by atoms with van der Waals surface area (Å²) in [5.41, 5.74) is 6.12. The molecule has 1 aliphatic rings. The zero-order chi connectivity index (χ0) is 16.7. The molecule has 0 nitrogen and oxygen atoms in total. The van der Waals surface area contributed by atoms with Crippen LogP contribution in [0.15, 0.2) is 34.5 Å². The number of hydrogen-bond acceptors (Lipinski definition) is 0. The van der Waals surface area contributed by atoms with Crippen LogP contribution in [0.5, 0.6) is 0 Å². The summed E-state index contributed by atoms with van der Waals surface area (Å²) in [4.78, 5) is 0. The van der Waals surface area contributed by atoms with Crippen molar-refractivity contribution in [2.45, 2.75) is 79.1 Å². The Morgan fingerprint density at radius 2 is 1.44 bits per heavy atom. The van der Waals surface area contributed by atoms with Gasteiger partial charge in [-0.05, 0) is 13.8 Å². The van der Waals surface area contributed by atoms with Gasteiger partial charge in [-0.15, -0.1) is 0 Å². The van der Waals surface area contributed by atoms with E-state index in [0.29, 0.717) is 0 Å². The first-order valence-corrected chi connectivity index (χ1v) is 10.9. The molecule has 0 unspecified atom stereocenters. The maximum Gasteiger partial charge on any atom is 4.00 e. The largest absolute Gasteiger partial charge is 4.00 e. The van der Waals surface area contributed by atoms with E-state index >= 15 is 0 Å². The van der Waals surface area contributed by atoms with E-state index in [2.05, 4.69) is 52.0 Å². The molecule has 27 heavy (non-hydrogen) atoms. The Bertz CT molecular complexity index is 577. The Morgan fingerprint density at radius 3 is 2.00 bits per heavy atom. The molecule has 0 spiro atoms. The molecule has 0 amide bonds. The number of allylic oxidation sites excluding steroid dienone is 4. The molecule has 150 valence electrons. The molecule has 0 heterocycles. The predicted octanol–water partition coefficient (Wildman–Crippen LogP) is -3.74. The summed E-state index contributed by atoms with van der Waals surface area (Å²) >= 11 is 0. The van der Waals surface area contributed by atoms with Crippen molar-refractivity contribution in [2.24, 2.45) is 0 Å². The van der Waals surface area contributed by atoms with Crippen LogP contribution in [-0.4, -0.2) is 9.52 Å². The first-order chi connectivity index (χ1) is 11.1. The Hall–Kier alpha value is 0.501. The standard InChI is InChI=1S/C22H33Si.3ClH.Ti/c1-5-7-9-11-20-16-22(15-19(20)10-8-6-2)23-21-13-17(3)12-18(4)14-21;;;;/h12-14H,5-11,16,23H2,1-4H3;3*1H;/q-1;;;;+4/p-3. The topological polar surface area (TPSA) is 0 Å². The molecule has 0 saturated heterocycles. The summed E-state index contributed by atoms with van der Waals surface area (Å²) in [6.45, 7) is 9.03. The third kappa shape index (κ3) is 11.3. The van der Waals surface area contributed by atoms with Gasteiger partial charge in [0.15, 0.2) is 0 Å². The van der Waals surface area contributed by atoms with Gasteiger partial charge in [-0.3, -0.25) is 6.08 Å². The van der Waals surface area contributed by atoms with Crippen molar-refractivity contribution in [3.05, 3.63) is 51.7 Å². The van der Waals surface area contributed by atoms with Crippen molar-refractivity contribution in [3.8, 4) is 0 Å². The van der Waals surface area contributed by atoms with E-state index in [0.717, 1.165) is 0 Å². The molecule has 1 aromatic rings. The molecular formula is C22H33Cl3SiTi. The maximum atomic E-state index is 3.85. The molecule has 1 aliphatic carbocycles. The van der Waals surface area contributed by atoms with E-state index in [1.807, 2.05) is 0 Å². The number of rotatable bonds is 9. The fourth-order valence-electron chi connectivity index (χ4n) is 3.65. The molecule has 0 radical (unpaired) electrons. The van der Waals surface area contributed by atoms with Gasteiger partial charge in [0.25, 0.3) is 0 Å². The first-order valence-electron chi connectivity index (χ1n) is 9.52. The van der Waals surface area contributed by atoms with Crippen LogP contribution >= 0.6 is 0 Å². The zero-order valence-electron chi connectivity index (χ0n) is 17.2. The number of unbranched alkanes of at least 4 members (excludes halogenated alkanes) is 3. The van der Waals surface area contributed by atoms with Crippen molar-refractivity contribution in [1.29, 1.82) is 0 Å². The van der Waals surface area contributed by atoms with Gasteiger partial charge in [0, 0.05) is 0 Å². The Kier molecular flexibility index (Phi) is 20.7. The minimum absolute atomic E-state index is 0. The van der Waals surface area contributed by atoms with E-state index in [1.165, 1.54) is 62.5 Å². The quantitative estimate of drug-likeness (QED) is 0.194. The SMILES string of the molecule is CCCCCC1=C(CCCC)[C-]=C([SiH2]c2cc(C)cc(C)c2)C1.[Cl-].[Cl-].[Cl-].[Ti+4]. The van der Waals surface area contributed by atoms with E-state index in [4.69, 9.17) is 0 Å². The maximum absolute atomic E-state index is 3.85. The molecule has 0 N–H and O–H groups in total. The van der Waals surface area contributed by atoms with Gasteiger partial charge in [-0.1, -0.05) is 99.7 Å². The minimum Gasteiger partial charge on any atom is -1.00 e. The second kappa shape index (κ2) is 17.4. The summed E-state index contributed by atoms with van der Waals surface area (Å²) in [6.07, 6.45) is 14.3. The molecule has 5 heteroatoms. The number of benzene rings is 1. The van der Waals surface area contributed by atoms with E-state index < -0.39 is 0 Å².